The first kappa shape index (κ1) is 15.9. The fourth-order valence-electron chi connectivity index (χ4n) is 2.60. The van der Waals surface area contributed by atoms with Gasteiger partial charge in [-0.3, -0.25) is 14.6 Å². The van der Waals surface area contributed by atoms with Crippen LogP contribution in [0.1, 0.15) is 53.5 Å². The predicted octanol–water partition coefficient (Wildman–Crippen LogP) is 0.944. The maximum atomic E-state index is 12.2. The van der Waals surface area contributed by atoms with E-state index in [1.807, 2.05) is 0 Å². The van der Waals surface area contributed by atoms with Crippen LogP contribution in [0.2, 0.25) is 0 Å². The van der Waals surface area contributed by atoms with E-state index in [0.29, 0.717) is 18.8 Å². The Morgan fingerprint density at radius 2 is 1.95 bits per heavy atom. The maximum Gasteiger partial charge on any atom is 0.329 e. The van der Waals surface area contributed by atoms with Crippen LogP contribution in [0.5, 0.6) is 0 Å². The van der Waals surface area contributed by atoms with Gasteiger partial charge in [0.15, 0.2) is 0 Å². The van der Waals surface area contributed by atoms with Crippen molar-refractivity contribution in [3.63, 3.8) is 0 Å². The number of amides is 2. The average Bonchev–Trinajstić information content (AvgIpc) is 2.49. The van der Waals surface area contributed by atoms with Crippen LogP contribution in [0.4, 0.5) is 0 Å². The fraction of sp³-hybridized carbons (Fsp3) is 0.467. The Kier molecular flexibility index (Phi) is 4.44. The van der Waals surface area contributed by atoms with Gasteiger partial charge in [0.2, 0.25) is 5.91 Å². The summed E-state index contributed by atoms with van der Waals surface area (Å²) >= 11 is 0. The number of nitrogens with two attached hydrogens (primary N) is 1. The number of pyridine rings is 1. The summed E-state index contributed by atoms with van der Waals surface area (Å²) in [6.07, 6.45) is 3.50. The monoisotopic (exact) mass is 305 g/mol. The van der Waals surface area contributed by atoms with E-state index in [1.54, 1.807) is 0 Å². The summed E-state index contributed by atoms with van der Waals surface area (Å²) in [6, 6.07) is 2.75. The minimum atomic E-state index is -1.24. The Morgan fingerprint density at radius 3 is 2.41 bits per heavy atom. The van der Waals surface area contributed by atoms with Gasteiger partial charge in [-0.2, -0.15) is 0 Å². The number of hydrogen-bond donors (Lipinski definition) is 3. The molecule has 7 nitrogen and oxygen atoms in total. The van der Waals surface area contributed by atoms with Crippen LogP contribution >= 0.6 is 0 Å². The molecule has 0 radical (unpaired) electrons. The quantitative estimate of drug-likeness (QED) is 0.764. The third-order valence-electron chi connectivity index (χ3n) is 4.17. The molecule has 7 heteroatoms. The molecule has 118 valence electrons. The van der Waals surface area contributed by atoms with E-state index in [4.69, 9.17) is 5.73 Å². The minimum Gasteiger partial charge on any atom is -0.480 e. The molecule has 0 saturated heterocycles. The molecule has 0 atom stereocenters. The van der Waals surface area contributed by atoms with Crippen molar-refractivity contribution >= 4 is 17.8 Å². The SMILES string of the molecule is CC1CCC(NC(=O)c2ccc(C(N)=O)cn2)(C(=O)O)CC1. The largest absolute Gasteiger partial charge is 0.480 e. The molecular formula is C15H19N3O4. The van der Waals surface area contributed by atoms with Gasteiger partial charge in [-0.15, -0.1) is 0 Å². The number of carbonyl (C=O) groups excluding carboxylic acids is 2. The van der Waals surface area contributed by atoms with Crippen LogP contribution in [0, 0.1) is 5.92 Å². The summed E-state index contributed by atoms with van der Waals surface area (Å²) in [5.74, 6) is -1.77. The number of nitrogens with one attached hydrogen (secondary N) is 1. The fourth-order valence-corrected chi connectivity index (χ4v) is 2.60. The average molecular weight is 305 g/mol. The molecule has 1 aliphatic carbocycles. The molecule has 0 spiro atoms. The Labute approximate surface area is 127 Å². The second-order valence-electron chi connectivity index (χ2n) is 5.82. The number of carbonyl (C=O) groups is 3. The van der Waals surface area contributed by atoms with Gasteiger partial charge in [0, 0.05) is 6.20 Å². The predicted molar refractivity (Wildman–Crippen MR) is 78.2 cm³/mol. The highest BCUT2D eigenvalue weighted by molar-refractivity contribution is 5.97. The van der Waals surface area contributed by atoms with Gasteiger partial charge in [0.1, 0.15) is 11.2 Å². The summed E-state index contributed by atoms with van der Waals surface area (Å²) in [7, 11) is 0. The number of hydrogen-bond acceptors (Lipinski definition) is 4. The standard InChI is InChI=1S/C15H19N3O4/c1-9-4-6-15(7-5-9,14(21)22)18-13(20)11-3-2-10(8-17-11)12(16)19/h2-3,8-9H,4-7H2,1H3,(H2,16,19)(H,18,20)(H,21,22). The molecule has 1 aliphatic rings. The first-order valence-corrected chi connectivity index (χ1v) is 7.16. The number of carboxylic acids is 1. The van der Waals surface area contributed by atoms with Gasteiger partial charge in [0.25, 0.3) is 5.91 Å². The molecular weight excluding hydrogens is 286 g/mol. The van der Waals surface area contributed by atoms with E-state index in [0.717, 1.165) is 12.8 Å². The van der Waals surface area contributed by atoms with Crippen molar-refractivity contribution in [3.05, 3.63) is 29.6 Å². The van der Waals surface area contributed by atoms with E-state index in [-0.39, 0.29) is 11.3 Å². The van der Waals surface area contributed by atoms with Crippen LogP contribution in [-0.2, 0) is 4.79 Å². The molecule has 1 aromatic rings. The van der Waals surface area contributed by atoms with Gasteiger partial charge < -0.3 is 16.2 Å². The topological polar surface area (TPSA) is 122 Å². The second-order valence-corrected chi connectivity index (χ2v) is 5.82. The molecule has 0 aromatic carbocycles. The lowest BCUT2D eigenvalue weighted by atomic mass is 9.77. The van der Waals surface area contributed by atoms with Gasteiger partial charge in [0.05, 0.1) is 5.56 Å². The van der Waals surface area contributed by atoms with Crippen molar-refractivity contribution in [3.8, 4) is 0 Å². The van der Waals surface area contributed by atoms with E-state index in [1.165, 1.54) is 18.3 Å². The molecule has 22 heavy (non-hydrogen) atoms. The second kappa shape index (κ2) is 6.13. The van der Waals surface area contributed by atoms with Crippen LogP contribution in [0.3, 0.4) is 0 Å². The molecule has 0 bridgehead atoms. The summed E-state index contributed by atoms with van der Waals surface area (Å²) in [6.45, 7) is 2.07. The minimum absolute atomic E-state index is 0.0595. The highest BCUT2D eigenvalue weighted by Crippen LogP contribution is 2.32. The van der Waals surface area contributed by atoms with E-state index in [9.17, 15) is 19.5 Å². The highest BCUT2D eigenvalue weighted by atomic mass is 16.4. The summed E-state index contributed by atoms with van der Waals surface area (Å²) in [4.78, 5) is 38.7. The van der Waals surface area contributed by atoms with Crippen molar-refractivity contribution < 1.29 is 19.5 Å². The highest BCUT2D eigenvalue weighted by Gasteiger charge is 2.42. The molecule has 2 amide bonds. The Balaban J connectivity index is 2.14. The number of nitrogens with zero attached hydrogens (tertiary/aromatic N) is 1. The van der Waals surface area contributed by atoms with Crippen molar-refractivity contribution in [2.24, 2.45) is 11.7 Å². The van der Waals surface area contributed by atoms with Crippen molar-refractivity contribution in [1.29, 1.82) is 0 Å². The molecule has 1 fully saturated rings. The smallest absolute Gasteiger partial charge is 0.329 e. The molecule has 2 rings (SSSR count). The van der Waals surface area contributed by atoms with Gasteiger partial charge in [-0.25, -0.2) is 4.79 Å². The van der Waals surface area contributed by atoms with Crippen LogP contribution in [0.15, 0.2) is 18.3 Å². The Bertz CT molecular complexity index is 589. The van der Waals surface area contributed by atoms with Crippen LogP contribution in [0.25, 0.3) is 0 Å². The Hall–Kier alpha value is -2.44. The zero-order chi connectivity index (χ0) is 16.3. The Morgan fingerprint density at radius 1 is 1.32 bits per heavy atom. The molecule has 1 heterocycles. The number of rotatable bonds is 4. The van der Waals surface area contributed by atoms with Crippen molar-refractivity contribution in [2.75, 3.05) is 0 Å². The van der Waals surface area contributed by atoms with E-state index in [2.05, 4.69) is 17.2 Å². The molecule has 1 aromatic heterocycles. The van der Waals surface area contributed by atoms with Gasteiger partial charge >= 0.3 is 5.97 Å². The van der Waals surface area contributed by atoms with Crippen LogP contribution < -0.4 is 11.1 Å². The first-order valence-electron chi connectivity index (χ1n) is 7.16. The van der Waals surface area contributed by atoms with Crippen molar-refractivity contribution in [2.45, 2.75) is 38.1 Å². The zero-order valence-electron chi connectivity index (χ0n) is 12.3. The number of aromatic nitrogens is 1. The molecule has 4 N–H and O–H groups in total. The third kappa shape index (κ3) is 3.24. The van der Waals surface area contributed by atoms with Gasteiger partial charge in [-0.05, 0) is 43.7 Å². The molecule has 0 aliphatic heterocycles. The summed E-state index contributed by atoms with van der Waals surface area (Å²) in [5.41, 5.74) is 4.11. The first-order chi connectivity index (χ1) is 10.3. The van der Waals surface area contributed by atoms with Crippen LogP contribution in [-0.4, -0.2) is 33.4 Å². The van der Waals surface area contributed by atoms with E-state index < -0.39 is 23.3 Å². The summed E-state index contributed by atoms with van der Waals surface area (Å²) < 4.78 is 0. The molecule has 1 saturated carbocycles. The molecule has 0 unspecified atom stereocenters. The lowest BCUT2D eigenvalue weighted by Gasteiger charge is -2.36. The lowest BCUT2D eigenvalue weighted by Crippen LogP contribution is -2.56. The third-order valence-corrected chi connectivity index (χ3v) is 4.17. The lowest BCUT2D eigenvalue weighted by molar-refractivity contribution is -0.146. The number of aliphatic carboxylic acids is 1. The van der Waals surface area contributed by atoms with Crippen molar-refractivity contribution in [1.82, 2.24) is 10.3 Å². The van der Waals surface area contributed by atoms with Gasteiger partial charge in [-0.1, -0.05) is 6.92 Å². The normalized spacial score (nSPS) is 24.5. The zero-order valence-corrected chi connectivity index (χ0v) is 12.3. The van der Waals surface area contributed by atoms with E-state index >= 15 is 0 Å². The number of primary amides is 1. The number of carboxylic acid groups (broad SMARTS) is 1. The maximum absolute atomic E-state index is 12.2. The summed E-state index contributed by atoms with van der Waals surface area (Å²) in [5, 5.41) is 12.1.